The number of carbonyl (C=O) groups excluding carboxylic acids is 2. The number of aliphatic hydroxyl groups is 2. The number of ether oxygens (including phenoxy) is 1. The van der Waals surface area contributed by atoms with E-state index < -0.39 is 12.1 Å². The Hall–Kier alpha value is -1.92. The first-order chi connectivity index (χ1) is 34.5. The Morgan fingerprint density at radius 2 is 0.714 bits per heavy atom. The van der Waals surface area contributed by atoms with Gasteiger partial charge in [-0.15, -0.1) is 0 Å². The van der Waals surface area contributed by atoms with E-state index in [1.165, 1.54) is 263 Å². The number of amides is 1. The molecule has 70 heavy (non-hydrogen) atoms. The van der Waals surface area contributed by atoms with Gasteiger partial charge >= 0.3 is 5.97 Å². The Morgan fingerprint density at radius 1 is 0.400 bits per heavy atom. The fourth-order valence-corrected chi connectivity index (χ4v) is 9.61. The van der Waals surface area contributed by atoms with Gasteiger partial charge in [-0.2, -0.15) is 0 Å². The standard InChI is InChI=1S/C64H121NO5/c1-3-5-7-9-11-13-15-17-32-36-40-44-48-52-56-62(67)61(60-66)65-63(68)57-53-49-45-41-37-33-30-28-26-24-22-20-19-21-23-25-27-29-31-35-39-43-47-51-55-59-70-64(69)58-54-50-46-42-38-34-18-16-14-12-10-8-6-4-2/h20-23,52,56,61-62,66-67H,3-19,24-51,53-55,57-60H2,1-2H3,(H,65,68)/b22-20-,23-21-,56-52+. The number of hydrogen-bond donors (Lipinski definition) is 3. The van der Waals surface area contributed by atoms with Crippen LogP contribution in [0.25, 0.3) is 0 Å². The highest BCUT2D eigenvalue weighted by atomic mass is 16.5. The number of allylic oxidation sites excluding steroid dienone is 5. The largest absolute Gasteiger partial charge is 0.466 e. The monoisotopic (exact) mass is 984 g/mol. The number of unbranched alkanes of at least 4 members (excludes halogenated alkanes) is 43. The second kappa shape index (κ2) is 59.6. The minimum atomic E-state index is -0.848. The molecule has 3 N–H and O–H groups in total. The van der Waals surface area contributed by atoms with Crippen molar-refractivity contribution in [2.24, 2.45) is 0 Å². The molecule has 6 nitrogen and oxygen atoms in total. The lowest BCUT2D eigenvalue weighted by Crippen LogP contribution is -2.45. The van der Waals surface area contributed by atoms with Gasteiger partial charge < -0.3 is 20.3 Å². The summed E-state index contributed by atoms with van der Waals surface area (Å²) in [5.74, 6) is -0.0626. The van der Waals surface area contributed by atoms with Gasteiger partial charge in [0.05, 0.1) is 25.4 Å². The van der Waals surface area contributed by atoms with Crippen LogP contribution in [0.2, 0.25) is 0 Å². The van der Waals surface area contributed by atoms with Crippen molar-refractivity contribution in [3.63, 3.8) is 0 Å². The second-order valence-corrected chi connectivity index (χ2v) is 21.4. The molecule has 0 bridgehead atoms. The molecule has 0 rings (SSSR count). The van der Waals surface area contributed by atoms with E-state index >= 15 is 0 Å². The highest BCUT2D eigenvalue weighted by molar-refractivity contribution is 5.76. The highest BCUT2D eigenvalue weighted by Crippen LogP contribution is 2.17. The molecule has 0 spiro atoms. The Kier molecular flexibility index (Phi) is 58.0. The minimum Gasteiger partial charge on any atom is -0.466 e. The summed E-state index contributed by atoms with van der Waals surface area (Å²) in [5, 5.41) is 23.1. The van der Waals surface area contributed by atoms with Crippen molar-refractivity contribution in [3.8, 4) is 0 Å². The lowest BCUT2D eigenvalue weighted by Gasteiger charge is -2.20. The van der Waals surface area contributed by atoms with Crippen molar-refractivity contribution >= 4 is 11.9 Å². The molecule has 0 heterocycles. The van der Waals surface area contributed by atoms with Crippen LogP contribution in [0.15, 0.2) is 36.5 Å². The summed E-state index contributed by atoms with van der Waals surface area (Å²) in [4.78, 5) is 24.5. The third-order valence-electron chi connectivity index (χ3n) is 14.4. The molecule has 1 amide bonds. The smallest absolute Gasteiger partial charge is 0.305 e. The maximum absolute atomic E-state index is 12.5. The molecular formula is C64H121NO5. The van der Waals surface area contributed by atoms with E-state index in [9.17, 15) is 19.8 Å². The molecule has 0 aliphatic rings. The van der Waals surface area contributed by atoms with Crippen LogP contribution in [0, 0.1) is 0 Å². The molecule has 2 atom stereocenters. The van der Waals surface area contributed by atoms with Gasteiger partial charge in [0.15, 0.2) is 0 Å². The van der Waals surface area contributed by atoms with Gasteiger partial charge in [0.25, 0.3) is 0 Å². The van der Waals surface area contributed by atoms with Crippen LogP contribution in [0.3, 0.4) is 0 Å². The molecule has 0 aliphatic carbocycles. The molecule has 6 heteroatoms. The zero-order chi connectivity index (χ0) is 50.7. The van der Waals surface area contributed by atoms with Crippen LogP contribution in [-0.4, -0.2) is 47.4 Å². The molecule has 0 fully saturated rings. The summed E-state index contributed by atoms with van der Waals surface area (Å²) in [7, 11) is 0. The van der Waals surface area contributed by atoms with Crippen molar-refractivity contribution in [2.45, 2.75) is 347 Å². The maximum Gasteiger partial charge on any atom is 0.305 e. The van der Waals surface area contributed by atoms with E-state index in [4.69, 9.17) is 4.74 Å². The second-order valence-electron chi connectivity index (χ2n) is 21.4. The van der Waals surface area contributed by atoms with Gasteiger partial charge in [-0.25, -0.2) is 0 Å². The molecule has 0 aromatic heterocycles. The molecule has 0 aliphatic heterocycles. The van der Waals surface area contributed by atoms with E-state index in [1.807, 2.05) is 6.08 Å². The number of carbonyl (C=O) groups is 2. The van der Waals surface area contributed by atoms with Crippen molar-refractivity contribution in [1.29, 1.82) is 0 Å². The quantitative estimate of drug-likeness (QED) is 0.0321. The molecule has 0 aromatic carbocycles. The average molecular weight is 985 g/mol. The van der Waals surface area contributed by atoms with Gasteiger partial charge in [-0.1, -0.05) is 294 Å². The summed E-state index contributed by atoms with van der Waals surface area (Å²) in [6, 6.07) is -0.632. The molecule has 412 valence electrons. The van der Waals surface area contributed by atoms with E-state index in [2.05, 4.69) is 43.5 Å². The normalized spacial score (nSPS) is 12.8. The fourth-order valence-electron chi connectivity index (χ4n) is 9.61. The molecular weight excluding hydrogens is 863 g/mol. The van der Waals surface area contributed by atoms with E-state index in [1.54, 1.807) is 6.08 Å². The Morgan fingerprint density at radius 3 is 1.09 bits per heavy atom. The number of aliphatic hydroxyl groups excluding tert-OH is 2. The van der Waals surface area contributed by atoms with Gasteiger partial charge in [-0.05, 0) is 64.2 Å². The van der Waals surface area contributed by atoms with Crippen LogP contribution in [0.4, 0.5) is 0 Å². The topological polar surface area (TPSA) is 95.9 Å². The lowest BCUT2D eigenvalue weighted by atomic mass is 10.0. The first-order valence-corrected chi connectivity index (χ1v) is 31.3. The van der Waals surface area contributed by atoms with Gasteiger partial charge in [0.2, 0.25) is 5.91 Å². The van der Waals surface area contributed by atoms with Crippen LogP contribution in [0.1, 0.15) is 335 Å². The van der Waals surface area contributed by atoms with Crippen LogP contribution in [-0.2, 0) is 14.3 Å². The summed E-state index contributed by atoms with van der Waals surface area (Å²) in [5.41, 5.74) is 0. The first-order valence-electron chi connectivity index (χ1n) is 31.3. The summed E-state index contributed by atoms with van der Waals surface area (Å²) in [6.45, 7) is 4.91. The molecule has 0 aromatic rings. The molecule has 0 saturated heterocycles. The third kappa shape index (κ3) is 55.4. The lowest BCUT2D eigenvalue weighted by molar-refractivity contribution is -0.143. The van der Waals surface area contributed by atoms with Crippen LogP contribution >= 0.6 is 0 Å². The van der Waals surface area contributed by atoms with Crippen molar-refractivity contribution < 1.29 is 24.5 Å². The van der Waals surface area contributed by atoms with E-state index in [0.29, 0.717) is 19.4 Å². The van der Waals surface area contributed by atoms with E-state index in [0.717, 1.165) is 44.9 Å². The van der Waals surface area contributed by atoms with Crippen molar-refractivity contribution in [3.05, 3.63) is 36.5 Å². The maximum atomic E-state index is 12.5. The number of esters is 1. The Bertz CT molecular complexity index is 1130. The molecule has 0 saturated carbocycles. The zero-order valence-corrected chi connectivity index (χ0v) is 47.0. The number of nitrogens with one attached hydrogen (secondary N) is 1. The fraction of sp³-hybridized carbons (Fsp3) is 0.875. The van der Waals surface area contributed by atoms with Crippen LogP contribution in [0.5, 0.6) is 0 Å². The average Bonchev–Trinajstić information content (AvgIpc) is 3.36. The zero-order valence-electron chi connectivity index (χ0n) is 47.0. The summed E-state index contributed by atoms with van der Waals surface area (Å²) in [6.07, 6.45) is 74.7. The van der Waals surface area contributed by atoms with E-state index in [-0.39, 0.29) is 18.5 Å². The minimum absolute atomic E-state index is 0.0108. The first kappa shape index (κ1) is 68.1. The summed E-state index contributed by atoms with van der Waals surface area (Å²) < 4.78 is 5.48. The van der Waals surface area contributed by atoms with Crippen molar-refractivity contribution in [2.75, 3.05) is 13.2 Å². The predicted molar refractivity (Wildman–Crippen MR) is 306 cm³/mol. The predicted octanol–water partition coefficient (Wildman–Crippen LogP) is 19.6. The third-order valence-corrected chi connectivity index (χ3v) is 14.4. The highest BCUT2D eigenvalue weighted by Gasteiger charge is 2.18. The van der Waals surface area contributed by atoms with Gasteiger partial charge in [-0.3, -0.25) is 9.59 Å². The Labute approximate surface area is 436 Å². The van der Waals surface area contributed by atoms with Gasteiger partial charge in [0, 0.05) is 12.8 Å². The van der Waals surface area contributed by atoms with Gasteiger partial charge in [0.1, 0.15) is 0 Å². The SMILES string of the molecule is CCCCCCCCCCCCCC/C=C/C(O)C(CO)NC(=O)CCCCCCCCCCC/C=C\C/C=C\CCCCCCCCCCCOC(=O)CCCCCCCCCCCCCCCC. The van der Waals surface area contributed by atoms with Crippen molar-refractivity contribution in [1.82, 2.24) is 5.32 Å². The Balaban J connectivity index is 3.44. The number of hydrogen-bond acceptors (Lipinski definition) is 5. The molecule has 0 radical (unpaired) electrons. The molecule has 2 unspecified atom stereocenters. The van der Waals surface area contributed by atoms with Crippen LogP contribution < -0.4 is 5.32 Å². The summed E-state index contributed by atoms with van der Waals surface area (Å²) >= 11 is 0. The number of rotatable bonds is 58.